The number of pyridine rings is 3. The topological polar surface area (TPSA) is 66.1 Å². The van der Waals surface area contributed by atoms with Crippen LogP contribution in [0.2, 0.25) is 10.0 Å². The van der Waals surface area contributed by atoms with Crippen molar-refractivity contribution < 1.29 is 4.74 Å². The van der Waals surface area contributed by atoms with Gasteiger partial charge < -0.3 is 9.30 Å². The van der Waals surface area contributed by atoms with E-state index in [1.165, 1.54) is 4.57 Å². The van der Waals surface area contributed by atoms with Gasteiger partial charge in [-0.15, -0.1) is 0 Å². The number of aromatic nitrogens is 3. The van der Waals surface area contributed by atoms with Crippen molar-refractivity contribution in [2.75, 3.05) is 7.11 Å². The Morgan fingerprint density at radius 3 is 2.24 bits per heavy atom. The smallest absolute Gasteiger partial charge is 0.264 e. The summed E-state index contributed by atoms with van der Waals surface area (Å²) in [6.45, 7) is 0.330. The molecule has 0 radical (unpaired) electrons. The van der Waals surface area contributed by atoms with Gasteiger partial charge in [0, 0.05) is 28.0 Å². The van der Waals surface area contributed by atoms with Gasteiger partial charge in [-0.25, -0.2) is 4.98 Å². The minimum atomic E-state index is -0.320. The summed E-state index contributed by atoms with van der Waals surface area (Å²) in [6, 6.07) is 17.5. The van der Waals surface area contributed by atoms with Gasteiger partial charge in [-0.3, -0.25) is 14.2 Å². The second-order valence-corrected chi connectivity index (χ2v) is 8.41. The van der Waals surface area contributed by atoms with Gasteiger partial charge >= 0.3 is 0 Å². The maximum absolute atomic E-state index is 13.3. The minimum absolute atomic E-state index is 0.242. The lowest BCUT2D eigenvalue weighted by Crippen LogP contribution is -2.22. The standard InChI is InChI=1S/C25H17Cl2N3O3/c1-33-23-5-3-2-4-15(23)14-29-8-6-21-19(24(29)31)13-20-22(28-21)7-9-30(25(20)32)18-11-16(26)10-17(27)12-18/h2-13H,14H2,1H3. The predicted molar refractivity (Wildman–Crippen MR) is 131 cm³/mol. The van der Waals surface area contributed by atoms with Crippen LogP contribution in [0.15, 0.2) is 82.6 Å². The Morgan fingerprint density at radius 1 is 0.848 bits per heavy atom. The third kappa shape index (κ3) is 3.88. The molecule has 0 saturated heterocycles. The molecule has 164 valence electrons. The third-order valence-corrected chi connectivity index (χ3v) is 5.91. The van der Waals surface area contributed by atoms with Crippen LogP contribution in [0.25, 0.3) is 27.5 Å². The molecule has 0 aliphatic carbocycles. The number of halogens is 2. The van der Waals surface area contributed by atoms with E-state index >= 15 is 0 Å². The zero-order valence-corrected chi connectivity index (χ0v) is 19.0. The zero-order chi connectivity index (χ0) is 23.1. The summed E-state index contributed by atoms with van der Waals surface area (Å²) in [7, 11) is 1.59. The highest BCUT2D eigenvalue weighted by molar-refractivity contribution is 6.34. The van der Waals surface area contributed by atoms with Crippen LogP contribution in [0.1, 0.15) is 5.56 Å². The van der Waals surface area contributed by atoms with E-state index in [0.717, 1.165) is 5.56 Å². The SMILES string of the molecule is COc1ccccc1Cn1ccc2nc3ccn(-c4cc(Cl)cc(Cl)c4)c(=O)c3cc2c1=O. The Bertz CT molecular complexity index is 1640. The molecule has 8 heteroatoms. The van der Waals surface area contributed by atoms with Gasteiger partial charge in [0.2, 0.25) is 0 Å². The van der Waals surface area contributed by atoms with Crippen molar-refractivity contribution >= 4 is 45.0 Å². The Kier molecular flexibility index (Phi) is 5.40. The summed E-state index contributed by atoms with van der Waals surface area (Å²) >= 11 is 12.2. The molecule has 0 unspecified atom stereocenters. The summed E-state index contributed by atoms with van der Waals surface area (Å²) in [5, 5.41) is 1.52. The van der Waals surface area contributed by atoms with E-state index in [9.17, 15) is 9.59 Å². The Hall–Kier alpha value is -3.61. The van der Waals surface area contributed by atoms with E-state index < -0.39 is 0 Å². The van der Waals surface area contributed by atoms with E-state index in [1.807, 2.05) is 24.3 Å². The quantitative estimate of drug-likeness (QED) is 0.339. The molecule has 2 aromatic carbocycles. The van der Waals surface area contributed by atoms with Crippen LogP contribution in [0.4, 0.5) is 0 Å². The normalized spacial score (nSPS) is 11.2. The Morgan fingerprint density at radius 2 is 1.52 bits per heavy atom. The molecule has 5 rings (SSSR count). The average Bonchev–Trinajstić information content (AvgIpc) is 2.80. The number of rotatable bonds is 4. The lowest BCUT2D eigenvalue weighted by Gasteiger charge is -2.12. The van der Waals surface area contributed by atoms with Crippen LogP contribution >= 0.6 is 23.2 Å². The molecule has 33 heavy (non-hydrogen) atoms. The summed E-state index contributed by atoms with van der Waals surface area (Å²) in [6.07, 6.45) is 3.32. The monoisotopic (exact) mass is 477 g/mol. The molecule has 3 aromatic heterocycles. The van der Waals surface area contributed by atoms with Gasteiger partial charge in [-0.05, 0) is 42.5 Å². The molecular formula is C25H17Cl2N3O3. The molecule has 0 N–H and O–H groups in total. The Balaban J connectivity index is 1.68. The lowest BCUT2D eigenvalue weighted by atomic mass is 10.1. The molecule has 0 aliphatic heterocycles. The molecule has 5 aromatic rings. The molecule has 0 bridgehead atoms. The van der Waals surface area contributed by atoms with Gasteiger partial charge in [0.05, 0.1) is 41.1 Å². The van der Waals surface area contributed by atoms with Crippen molar-refractivity contribution in [1.29, 1.82) is 0 Å². The van der Waals surface area contributed by atoms with Gasteiger partial charge in [0.1, 0.15) is 5.75 Å². The number of benzene rings is 2. The second kappa shape index (κ2) is 8.39. The highest BCUT2D eigenvalue weighted by Gasteiger charge is 2.12. The molecule has 0 amide bonds. The molecule has 0 saturated carbocycles. The number of ether oxygens (including phenoxy) is 1. The third-order valence-electron chi connectivity index (χ3n) is 5.47. The molecule has 0 aliphatic rings. The molecule has 3 heterocycles. The van der Waals surface area contributed by atoms with Crippen LogP contribution in [-0.2, 0) is 6.54 Å². The van der Waals surface area contributed by atoms with E-state index in [-0.39, 0.29) is 11.1 Å². The van der Waals surface area contributed by atoms with Gasteiger partial charge in [-0.1, -0.05) is 41.4 Å². The van der Waals surface area contributed by atoms with Crippen molar-refractivity contribution in [3.8, 4) is 11.4 Å². The summed E-state index contributed by atoms with van der Waals surface area (Å²) in [5.41, 5.74) is 1.86. The van der Waals surface area contributed by atoms with Crippen LogP contribution < -0.4 is 15.9 Å². The van der Waals surface area contributed by atoms with Crippen LogP contribution in [-0.4, -0.2) is 21.2 Å². The van der Waals surface area contributed by atoms with Crippen LogP contribution in [0.3, 0.4) is 0 Å². The number of hydrogen-bond donors (Lipinski definition) is 0. The average molecular weight is 478 g/mol. The van der Waals surface area contributed by atoms with Crippen molar-refractivity contribution in [1.82, 2.24) is 14.1 Å². The maximum Gasteiger partial charge on any atom is 0.264 e. The van der Waals surface area contributed by atoms with Crippen molar-refractivity contribution in [2.45, 2.75) is 6.54 Å². The first-order valence-corrected chi connectivity index (χ1v) is 10.8. The van der Waals surface area contributed by atoms with Crippen LogP contribution in [0.5, 0.6) is 5.75 Å². The largest absolute Gasteiger partial charge is 0.496 e. The molecule has 0 spiro atoms. The lowest BCUT2D eigenvalue weighted by molar-refractivity contribution is 0.408. The van der Waals surface area contributed by atoms with Gasteiger partial charge in [-0.2, -0.15) is 0 Å². The predicted octanol–water partition coefficient (Wildman–Crippen LogP) is 5.06. The summed E-state index contributed by atoms with van der Waals surface area (Å²) < 4.78 is 8.41. The Labute approximate surface area is 198 Å². The van der Waals surface area contributed by atoms with Crippen molar-refractivity contribution in [2.24, 2.45) is 0 Å². The maximum atomic E-state index is 13.3. The van der Waals surface area contributed by atoms with E-state index in [4.69, 9.17) is 27.9 Å². The molecule has 0 atom stereocenters. The fraction of sp³-hybridized carbons (Fsp3) is 0.0800. The summed E-state index contributed by atoms with van der Waals surface area (Å²) in [4.78, 5) is 31.1. The summed E-state index contributed by atoms with van der Waals surface area (Å²) in [5.74, 6) is 0.698. The molecule has 6 nitrogen and oxygen atoms in total. The first-order chi connectivity index (χ1) is 15.9. The molecule has 0 fully saturated rings. The number of hydrogen-bond acceptors (Lipinski definition) is 4. The fourth-order valence-corrected chi connectivity index (χ4v) is 4.40. The van der Waals surface area contributed by atoms with Crippen molar-refractivity contribution in [3.05, 3.63) is 109 Å². The van der Waals surface area contributed by atoms with Gasteiger partial charge in [0.15, 0.2) is 0 Å². The minimum Gasteiger partial charge on any atom is -0.496 e. The highest BCUT2D eigenvalue weighted by Crippen LogP contribution is 2.23. The van der Waals surface area contributed by atoms with Crippen molar-refractivity contribution in [3.63, 3.8) is 0 Å². The molecular weight excluding hydrogens is 461 g/mol. The number of methoxy groups -OCH3 is 1. The van der Waals surface area contributed by atoms with E-state index in [1.54, 1.807) is 60.5 Å². The van der Waals surface area contributed by atoms with E-state index in [0.29, 0.717) is 49.8 Å². The highest BCUT2D eigenvalue weighted by atomic mass is 35.5. The first-order valence-electron chi connectivity index (χ1n) is 10.1. The van der Waals surface area contributed by atoms with Gasteiger partial charge in [0.25, 0.3) is 11.1 Å². The number of para-hydroxylation sites is 1. The van der Waals surface area contributed by atoms with Crippen LogP contribution in [0, 0.1) is 0 Å². The number of fused-ring (bicyclic) bond motifs is 2. The fourth-order valence-electron chi connectivity index (χ4n) is 3.89. The zero-order valence-electron chi connectivity index (χ0n) is 17.5. The number of nitrogens with zero attached hydrogens (tertiary/aromatic N) is 3. The second-order valence-electron chi connectivity index (χ2n) is 7.53. The van der Waals surface area contributed by atoms with E-state index in [2.05, 4.69) is 4.98 Å². The first kappa shape index (κ1) is 21.2.